The van der Waals surface area contributed by atoms with Crippen molar-refractivity contribution >= 4 is 11.3 Å². The van der Waals surface area contributed by atoms with Gasteiger partial charge >= 0.3 is 0 Å². The minimum atomic E-state index is 0.218. The molecule has 1 aromatic carbocycles. The lowest BCUT2D eigenvalue weighted by atomic mass is 10.0. The molecule has 21 heavy (non-hydrogen) atoms. The summed E-state index contributed by atoms with van der Waals surface area (Å²) in [6.45, 7) is 4.81. The van der Waals surface area contributed by atoms with Crippen molar-refractivity contribution in [3.63, 3.8) is 0 Å². The highest BCUT2D eigenvalue weighted by molar-refractivity contribution is 7.09. The predicted molar refractivity (Wildman–Crippen MR) is 88.9 cm³/mol. The molecule has 2 aromatic rings. The van der Waals surface area contributed by atoms with E-state index in [0.29, 0.717) is 6.61 Å². The minimum absolute atomic E-state index is 0.218. The summed E-state index contributed by atoms with van der Waals surface area (Å²) >= 11 is 1.72. The van der Waals surface area contributed by atoms with Crippen LogP contribution in [-0.2, 0) is 19.4 Å². The van der Waals surface area contributed by atoms with Gasteiger partial charge in [-0.25, -0.2) is 4.98 Å². The van der Waals surface area contributed by atoms with E-state index >= 15 is 0 Å². The van der Waals surface area contributed by atoms with Gasteiger partial charge in [0.05, 0.1) is 10.7 Å². The normalized spacial score (nSPS) is 12.3. The van der Waals surface area contributed by atoms with E-state index < -0.39 is 0 Å². The Morgan fingerprint density at radius 3 is 2.95 bits per heavy atom. The highest BCUT2D eigenvalue weighted by atomic mass is 32.1. The van der Waals surface area contributed by atoms with E-state index in [1.807, 2.05) is 12.1 Å². The monoisotopic (exact) mass is 304 g/mol. The second-order valence-corrected chi connectivity index (χ2v) is 6.23. The molecule has 0 saturated heterocycles. The molecule has 2 rings (SSSR count). The fourth-order valence-electron chi connectivity index (χ4n) is 2.11. The largest absolute Gasteiger partial charge is 0.487 e. The molecule has 114 valence electrons. The molecular formula is C17H24N2OS. The molecule has 1 atom stereocenters. The lowest BCUT2D eigenvalue weighted by Gasteiger charge is -2.10. The summed E-state index contributed by atoms with van der Waals surface area (Å²) in [5.74, 6) is 0.890. The fraction of sp³-hybridized carbons (Fsp3) is 0.471. The summed E-state index contributed by atoms with van der Waals surface area (Å²) in [6.07, 6.45) is 4.07. The minimum Gasteiger partial charge on any atom is -0.487 e. The molecule has 0 bridgehead atoms. The van der Waals surface area contributed by atoms with Crippen LogP contribution in [0, 0.1) is 0 Å². The number of hydrogen-bond donors (Lipinski definition) is 1. The van der Waals surface area contributed by atoms with Crippen LogP contribution in [-0.4, -0.2) is 11.0 Å². The van der Waals surface area contributed by atoms with Crippen LogP contribution in [0.25, 0.3) is 0 Å². The van der Waals surface area contributed by atoms with Gasteiger partial charge in [0.2, 0.25) is 0 Å². The lowest BCUT2D eigenvalue weighted by molar-refractivity contribution is 0.301. The first-order chi connectivity index (χ1) is 10.2. The highest BCUT2D eigenvalue weighted by Gasteiger charge is 2.05. The van der Waals surface area contributed by atoms with E-state index in [9.17, 15) is 0 Å². The number of aryl methyl sites for hydroxylation is 1. The van der Waals surface area contributed by atoms with Crippen molar-refractivity contribution in [3.05, 3.63) is 45.9 Å². The number of nitrogens with zero attached hydrogens (tertiary/aromatic N) is 1. The Labute approximate surface area is 131 Å². The molecule has 0 saturated carbocycles. The molecule has 0 amide bonds. The van der Waals surface area contributed by atoms with Crippen LogP contribution >= 0.6 is 11.3 Å². The lowest BCUT2D eigenvalue weighted by Crippen LogP contribution is -2.21. The molecule has 3 nitrogen and oxygen atoms in total. The van der Waals surface area contributed by atoms with Gasteiger partial charge in [-0.1, -0.05) is 26.0 Å². The molecule has 0 aliphatic carbocycles. The van der Waals surface area contributed by atoms with E-state index in [0.717, 1.165) is 37.1 Å². The third-order valence-corrected chi connectivity index (χ3v) is 4.33. The molecule has 4 heteroatoms. The molecule has 1 unspecified atom stereocenters. The number of benzene rings is 1. The summed E-state index contributed by atoms with van der Waals surface area (Å²) < 4.78 is 5.84. The molecule has 0 fully saturated rings. The zero-order chi connectivity index (χ0) is 15.1. The Hall–Kier alpha value is -1.39. The summed E-state index contributed by atoms with van der Waals surface area (Å²) in [4.78, 5) is 4.57. The highest BCUT2D eigenvalue weighted by Crippen LogP contribution is 2.18. The van der Waals surface area contributed by atoms with Crippen LogP contribution in [0.4, 0.5) is 0 Å². The summed E-state index contributed by atoms with van der Waals surface area (Å²) in [7, 11) is 0. The van der Waals surface area contributed by atoms with Gasteiger partial charge in [0.25, 0.3) is 0 Å². The van der Waals surface area contributed by atoms with Gasteiger partial charge in [-0.2, -0.15) is 0 Å². The standard InChI is InChI=1S/C17H24N2OS/c1-3-6-17-19-15(12-21-17)11-20-16-8-5-7-13(10-16)9-14(18)4-2/h5,7-8,10,12,14H,3-4,6,9,11,18H2,1-2H3. The Balaban J connectivity index is 1.91. The Morgan fingerprint density at radius 2 is 2.19 bits per heavy atom. The Bertz CT molecular complexity index is 553. The van der Waals surface area contributed by atoms with Crippen molar-refractivity contribution in [3.8, 4) is 5.75 Å². The molecule has 0 aliphatic heterocycles. The van der Waals surface area contributed by atoms with Gasteiger partial charge in [0.1, 0.15) is 12.4 Å². The van der Waals surface area contributed by atoms with E-state index in [4.69, 9.17) is 10.5 Å². The number of hydrogen-bond acceptors (Lipinski definition) is 4. The maximum Gasteiger partial charge on any atom is 0.131 e. The summed E-state index contributed by atoms with van der Waals surface area (Å²) in [6, 6.07) is 8.41. The SMILES string of the molecule is CCCc1nc(COc2cccc(CC(N)CC)c2)cs1. The van der Waals surface area contributed by atoms with Crippen molar-refractivity contribution in [1.82, 2.24) is 4.98 Å². The number of aromatic nitrogens is 1. The molecule has 0 spiro atoms. The maximum atomic E-state index is 6.00. The summed E-state index contributed by atoms with van der Waals surface area (Å²) in [5.41, 5.74) is 8.24. The van der Waals surface area contributed by atoms with Gasteiger partial charge in [-0.15, -0.1) is 11.3 Å². The molecular weight excluding hydrogens is 280 g/mol. The first-order valence-corrected chi connectivity index (χ1v) is 8.49. The van der Waals surface area contributed by atoms with Crippen LogP contribution in [0.15, 0.2) is 29.6 Å². The van der Waals surface area contributed by atoms with E-state index in [-0.39, 0.29) is 6.04 Å². The van der Waals surface area contributed by atoms with Gasteiger partial charge in [0, 0.05) is 11.4 Å². The van der Waals surface area contributed by atoms with Crippen molar-refractivity contribution in [2.24, 2.45) is 5.73 Å². The smallest absolute Gasteiger partial charge is 0.131 e. The third-order valence-electron chi connectivity index (χ3n) is 3.37. The maximum absolute atomic E-state index is 6.00. The van der Waals surface area contributed by atoms with Crippen LogP contribution < -0.4 is 10.5 Å². The van der Waals surface area contributed by atoms with Crippen molar-refractivity contribution in [2.75, 3.05) is 0 Å². The first-order valence-electron chi connectivity index (χ1n) is 7.61. The van der Waals surface area contributed by atoms with Crippen molar-refractivity contribution in [2.45, 2.75) is 52.2 Å². The van der Waals surface area contributed by atoms with E-state index in [1.54, 1.807) is 11.3 Å². The van der Waals surface area contributed by atoms with Crippen LogP contribution in [0.3, 0.4) is 0 Å². The summed E-state index contributed by atoms with van der Waals surface area (Å²) in [5, 5.41) is 3.28. The zero-order valence-electron chi connectivity index (χ0n) is 12.8. The number of thiazole rings is 1. The Morgan fingerprint density at radius 1 is 1.33 bits per heavy atom. The zero-order valence-corrected chi connectivity index (χ0v) is 13.7. The molecule has 0 radical (unpaired) electrons. The van der Waals surface area contributed by atoms with Gasteiger partial charge in [-0.05, 0) is 43.4 Å². The first kappa shape index (κ1) is 16.0. The number of rotatable bonds is 8. The van der Waals surface area contributed by atoms with Crippen molar-refractivity contribution < 1.29 is 4.74 Å². The predicted octanol–water partition coefficient (Wildman–Crippen LogP) is 3.95. The number of ether oxygens (including phenoxy) is 1. The quantitative estimate of drug-likeness (QED) is 0.803. The van der Waals surface area contributed by atoms with E-state index in [1.165, 1.54) is 10.6 Å². The molecule has 2 N–H and O–H groups in total. The van der Waals surface area contributed by atoms with Gasteiger partial charge < -0.3 is 10.5 Å². The fourth-order valence-corrected chi connectivity index (χ4v) is 3.00. The average Bonchev–Trinajstić information content (AvgIpc) is 2.93. The molecule has 1 heterocycles. The van der Waals surface area contributed by atoms with Crippen LogP contribution in [0.1, 0.15) is 43.0 Å². The average molecular weight is 304 g/mol. The van der Waals surface area contributed by atoms with Gasteiger partial charge in [0.15, 0.2) is 0 Å². The third kappa shape index (κ3) is 5.14. The second-order valence-electron chi connectivity index (χ2n) is 5.29. The number of nitrogens with two attached hydrogens (primary N) is 1. The molecule has 1 aromatic heterocycles. The second kappa shape index (κ2) is 8.15. The topological polar surface area (TPSA) is 48.1 Å². The van der Waals surface area contributed by atoms with Crippen molar-refractivity contribution in [1.29, 1.82) is 0 Å². The molecule has 0 aliphatic rings. The van der Waals surface area contributed by atoms with E-state index in [2.05, 4.69) is 36.3 Å². The van der Waals surface area contributed by atoms with Gasteiger partial charge in [-0.3, -0.25) is 0 Å². The van der Waals surface area contributed by atoms with Crippen LogP contribution in [0.2, 0.25) is 0 Å². The Kier molecular flexibility index (Phi) is 6.21. The van der Waals surface area contributed by atoms with Crippen LogP contribution in [0.5, 0.6) is 5.75 Å².